The van der Waals surface area contributed by atoms with Gasteiger partial charge >= 0.3 is 0 Å². The molecule has 1 saturated heterocycles. The first-order valence-electron chi connectivity index (χ1n) is 7.05. The summed E-state index contributed by atoms with van der Waals surface area (Å²) < 4.78 is 0. The van der Waals surface area contributed by atoms with Crippen LogP contribution < -0.4 is 5.32 Å². The second kappa shape index (κ2) is 5.87. The van der Waals surface area contributed by atoms with Crippen molar-refractivity contribution in [3.8, 4) is 0 Å². The molecule has 0 saturated carbocycles. The Hall–Kier alpha value is -0.830. The highest BCUT2D eigenvalue weighted by Gasteiger charge is 2.44. The smallest absolute Gasteiger partial charge is 0.243 e. The van der Waals surface area contributed by atoms with E-state index in [2.05, 4.69) is 39.6 Å². The molecule has 0 aliphatic carbocycles. The fourth-order valence-electron chi connectivity index (χ4n) is 2.78. The highest BCUT2D eigenvalue weighted by Crippen LogP contribution is 2.29. The fraction of sp³-hybridized carbons (Fsp3) is 0.800. The number of carbonyl (C=O) groups excluding carboxylic acids is 1. The van der Waals surface area contributed by atoms with Crippen molar-refractivity contribution in [3.63, 3.8) is 0 Å². The van der Waals surface area contributed by atoms with Crippen LogP contribution >= 0.6 is 0 Å². The van der Waals surface area contributed by atoms with Crippen molar-refractivity contribution >= 4 is 5.91 Å². The number of hydrogen-bond acceptors (Lipinski definition) is 2. The third-order valence-electron chi connectivity index (χ3n) is 3.70. The number of carbonyl (C=O) groups is 1. The summed E-state index contributed by atoms with van der Waals surface area (Å²) in [7, 11) is 0. The van der Waals surface area contributed by atoms with Gasteiger partial charge in [0.25, 0.3) is 0 Å². The molecule has 0 aromatic carbocycles. The van der Waals surface area contributed by atoms with Crippen molar-refractivity contribution in [3.05, 3.63) is 12.7 Å². The number of rotatable bonds is 5. The maximum Gasteiger partial charge on any atom is 0.243 e. The molecule has 1 amide bonds. The molecule has 0 spiro atoms. The minimum Gasteiger partial charge on any atom is -0.333 e. The van der Waals surface area contributed by atoms with Crippen LogP contribution in [0.5, 0.6) is 0 Å². The zero-order chi connectivity index (χ0) is 13.8. The molecular weight excluding hydrogens is 224 g/mol. The first kappa shape index (κ1) is 15.2. The second-order valence-corrected chi connectivity index (χ2v) is 6.24. The summed E-state index contributed by atoms with van der Waals surface area (Å²) in [6.45, 7) is 13.8. The molecule has 1 aliphatic heterocycles. The largest absolute Gasteiger partial charge is 0.333 e. The molecular formula is C15H28N2O. The zero-order valence-corrected chi connectivity index (χ0v) is 12.4. The molecule has 1 N–H and O–H groups in total. The molecule has 0 radical (unpaired) electrons. The van der Waals surface area contributed by atoms with Crippen molar-refractivity contribution < 1.29 is 4.79 Å². The van der Waals surface area contributed by atoms with Gasteiger partial charge in [0.15, 0.2) is 0 Å². The lowest BCUT2D eigenvalue weighted by molar-refractivity contribution is -0.142. The summed E-state index contributed by atoms with van der Waals surface area (Å²) in [5.41, 5.74) is -0.485. The molecule has 104 valence electrons. The van der Waals surface area contributed by atoms with Gasteiger partial charge in [0.2, 0.25) is 5.91 Å². The molecule has 1 fully saturated rings. The van der Waals surface area contributed by atoms with E-state index >= 15 is 0 Å². The van der Waals surface area contributed by atoms with Crippen LogP contribution in [0.25, 0.3) is 0 Å². The van der Waals surface area contributed by atoms with Crippen LogP contribution in [0, 0.1) is 0 Å². The van der Waals surface area contributed by atoms with Gasteiger partial charge in [-0.15, -0.1) is 6.58 Å². The molecule has 1 rings (SSSR count). The Kier molecular flexibility index (Phi) is 4.97. The summed E-state index contributed by atoms with van der Waals surface area (Å²) in [5.74, 6) is 0.245. The highest BCUT2D eigenvalue weighted by atomic mass is 16.2. The van der Waals surface area contributed by atoms with Crippen molar-refractivity contribution in [1.29, 1.82) is 0 Å². The molecule has 1 atom stereocenters. The SMILES string of the molecule is C=CCN(C(=O)C1(CCC)CCCN1)C(C)(C)C. The predicted octanol–water partition coefficient (Wildman–Crippen LogP) is 2.72. The molecule has 3 heteroatoms. The molecule has 0 aromatic rings. The van der Waals surface area contributed by atoms with E-state index in [0.29, 0.717) is 6.54 Å². The van der Waals surface area contributed by atoms with E-state index in [-0.39, 0.29) is 17.0 Å². The van der Waals surface area contributed by atoms with Gasteiger partial charge in [0.05, 0.1) is 5.54 Å². The van der Waals surface area contributed by atoms with Crippen molar-refractivity contribution in [2.75, 3.05) is 13.1 Å². The molecule has 3 nitrogen and oxygen atoms in total. The van der Waals surface area contributed by atoms with Gasteiger partial charge in [-0.05, 0) is 46.6 Å². The number of amides is 1. The normalized spacial score (nSPS) is 24.0. The Balaban J connectivity index is 2.95. The van der Waals surface area contributed by atoms with Crippen molar-refractivity contribution in [2.45, 2.75) is 64.5 Å². The Labute approximate surface area is 112 Å². The summed E-state index contributed by atoms with van der Waals surface area (Å²) in [6, 6.07) is 0. The zero-order valence-electron chi connectivity index (χ0n) is 12.4. The summed E-state index contributed by atoms with van der Waals surface area (Å²) in [5, 5.41) is 3.46. The van der Waals surface area contributed by atoms with Gasteiger partial charge in [-0.3, -0.25) is 4.79 Å². The van der Waals surface area contributed by atoms with Gasteiger partial charge in [-0.1, -0.05) is 19.4 Å². The minimum absolute atomic E-state index is 0.156. The standard InChI is InChI=1S/C15H28N2O/c1-6-9-15(10-8-11-16-15)13(18)17(12-7-2)14(3,4)5/h7,16H,2,6,8-12H2,1,3-5H3. The van der Waals surface area contributed by atoms with Crippen molar-refractivity contribution in [1.82, 2.24) is 10.2 Å². The highest BCUT2D eigenvalue weighted by molar-refractivity contribution is 5.87. The molecule has 18 heavy (non-hydrogen) atoms. The monoisotopic (exact) mass is 252 g/mol. The first-order chi connectivity index (χ1) is 8.37. The van der Waals surface area contributed by atoms with E-state index in [1.165, 1.54) is 0 Å². The molecule has 0 aromatic heterocycles. The van der Waals surface area contributed by atoms with Crippen LogP contribution in [0.2, 0.25) is 0 Å². The lowest BCUT2D eigenvalue weighted by atomic mass is 9.88. The molecule has 0 bridgehead atoms. The second-order valence-electron chi connectivity index (χ2n) is 6.24. The minimum atomic E-state index is -0.328. The molecule has 1 heterocycles. The van der Waals surface area contributed by atoms with Crippen LogP contribution in [0.4, 0.5) is 0 Å². The van der Waals surface area contributed by atoms with Crippen LogP contribution in [-0.2, 0) is 4.79 Å². The van der Waals surface area contributed by atoms with Gasteiger partial charge in [-0.25, -0.2) is 0 Å². The van der Waals surface area contributed by atoms with Crippen LogP contribution in [-0.4, -0.2) is 35.0 Å². The van der Waals surface area contributed by atoms with Crippen LogP contribution in [0.3, 0.4) is 0 Å². The third-order valence-corrected chi connectivity index (χ3v) is 3.70. The number of nitrogens with zero attached hydrogens (tertiary/aromatic N) is 1. The summed E-state index contributed by atoms with van der Waals surface area (Å²) >= 11 is 0. The fourth-order valence-corrected chi connectivity index (χ4v) is 2.78. The summed E-state index contributed by atoms with van der Waals surface area (Å²) in [6.07, 6.45) is 5.83. The van der Waals surface area contributed by atoms with Crippen LogP contribution in [0.15, 0.2) is 12.7 Å². The number of nitrogens with one attached hydrogen (secondary N) is 1. The average molecular weight is 252 g/mol. The number of hydrogen-bond donors (Lipinski definition) is 1. The van der Waals surface area contributed by atoms with E-state index < -0.39 is 0 Å². The van der Waals surface area contributed by atoms with Gasteiger partial charge in [-0.2, -0.15) is 0 Å². The third kappa shape index (κ3) is 3.14. The summed E-state index contributed by atoms with van der Waals surface area (Å²) in [4.78, 5) is 14.9. The van der Waals surface area contributed by atoms with Gasteiger partial charge in [0.1, 0.15) is 0 Å². The topological polar surface area (TPSA) is 32.3 Å². The van der Waals surface area contributed by atoms with E-state index in [0.717, 1.165) is 32.2 Å². The Morgan fingerprint density at radius 1 is 1.50 bits per heavy atom. The van der Waals surface area contributed by atoms with E-state index in [1.807, 2.05) is 11.0 Å². The maximum absolute atomic E-state index is 12.9. The Bertz CT molecular complexity index is 298. The lowest BCUT2D eigenvalue weighted by Gasteiger charge is -2.41. The average Bonchev–Trinajstić information content (AvgIpc) is 2.74. The quantitative estimate of drug-likeness (QED) is 0.763. The van der Waals surface area contributed by atoms with E-state index in [1.54, 1.807) is 0 Å². The van der Waals surface area contributed by atoms with Crippen LogP contribution in [0.1, 0.15) is 53.4 Å². The van der Waals surface area contributed by atoms with Crippen molar-refractivity contribution in [2.24, 2.45) is 0 Å². The predicted molar refractivity (Wildman–Crippen MR) is 76.5 cm³/mol. The lowest BCUT2D eigenvalue weighted by Crippen LogP contribution is -2.59. The van der Waals surface area contributed by atoms with Gasteiger partial charge < -0.3 is 10.2 Å². The Morgan fingerprint density at radius 3 is 2.56 bits per heavy atom. The molecule has 1 aliphatic rings. The Morgan fingerprint density at radius 2 is 2.17 bits per heavy atom. The van der Waals surface area contributed by atoms with Gasteiger partial charge in [0, 0.05) is 12.1 Å². The maximum atomic E-state index is 12.9. The molecule has 1 unspecified atom stereocenters. The van der Waals surface area contributed by atoms with E-state index in [4.69, 9.17) is 0 Å². The van der Waals surface area contributed by atoms with E-state index in [9.17, 15) is 4.79 Å². The first-order valence-corrected chi connectivity index (χ1v) is 7.05.